The fraction of sp³-hybridized carbons (Fsp3) is 0.345. The lowest BCUT2D eigenvalue weighted by molar-refractivity contribution is 0.144. The number of rotatable bonds is 7. The van der Waals surface area contributed by atoms with E-state index < -0.39 is 0 Å². The molecule has 4 nitrogen and oxygen atoms in total. The van der Waals surface area contributed by atoms with Gasteiger partial charge in [-0.1, -0.05) is 66.2 Å². The highest BCUT2D eigenvalue weighted by atomic mass is 35.5. The molecule has 3 aromatic carbocycles. The Labute approximate surface area is 207 Å². The number of hydrogen-bond donors (Lipinski definition) is 1. The molecule has 178 valence electrons. The molecule has 0 spiro atoms. The number of ether oxygens (including phenoxy) is 1. The van der Waals surface area contributed by atoms with Crippen molar-refractivity contribution in [3.63, 3.8) is 0 Å². The van der Waals surface area contributed by atoms with E-state index in [1.807, 2.05) is 60.4 Å². The summed E-state index contributed by atoms with van der Waals surface area (Å²) in [6.45, 7) is 2.59. The minimum Gasteiger partial charge on any atom is -0.497 e. The van der Waals surface area contributed by atoms with Crippen LogP contribution in [0.15, 0.2) is 78.9 Å². The molecule has 0 heterocycles. The molecule has 0 saturated heterocycles. The fourth-order valence-corrected chi connectivity index (χ4v) is 4.97. The number of amides is 2. The second-order valence-corrected chi connectivity index (χ2v) is 9.55. The van der Waals surface area contributed by atoms with Crippen molar-refractivity contribution in [3.8, 4) is 5.75 Å². The summed E-state index contributed by atoms with van der Waals surface area (Å²) in [5.74, 6) is 1.39. The molecule has 1 aliphatic rings. The Morgan fingerprint density at radius 1 is 0.971 bits per heavy atom. The van der Waals surface area contributed by atoms with Crippen molar-refractivity contribution >= 4 is 17.6 Å². The van der Waals surface area contributed by atoms with Gasteiger partial charge in [-0.15, -0.1) is 0 Å². The van der Waals surface area contributed by atoms with E-state index in [0.717, 1.165) is 42.6 Å². The average molecular weight is 477 g/mol. The number of hydrogen-bond acceptors (Lipinski definition) is 2. The predicted molar refractivity (Wildman–Crippen MR) is 138 cm³/mol. The largest absolute Gasteiger partial charge is 0.497 e. The van der Waals surface area contributed by atoms with E-state index in [1.165, 1.54) is 5.56 Å². The van der Waals surface area contributed by atoms with E-state index in [2.05, 4.69) is 35.6 Å². The Kier molecular flexibility index (Phi) is 8.12. The summed E-state index contributed by atoms with van der Waals surface area (Å²) in [6, 6.07) is 26.4. The van der Waals surface area contributed by atoms with Crippen molar-refractivity contribution in [1.82, 2.24) is 10.2 Å². The van der Waals surface area contributed by atoms with Crippen molar-refractivity contribution in [1.29, 1.82) is 0 Å². The molecule has 1 fully saturated rings. The third kappa shape index (κ3) is 6.12. The van der Waals surface area contributed by atoms with Crippen LogP contribution in [0.2, 0.25) is 5.02 Å². The molecule has 1 aliphatic carbocycles. The summed E-state index contributed by atoms with van der Waals surface area (Å²) in [5, 5.41) is 3.91. The van der Waals surface area contributed by atoms with E-state index in [4.69, 9.17) is 16.3 Å². The Hall–Kier alpha value is -2.98. The summed E-state index contributed by atoms with van der Waals surface area (Å²) in [6.07, 6.45) is 4.18. The Morgan fingerprint density at radius 2 is 1.62 bits per heavy atom. The Bertz CT molecular complexity index is 1050. The second-order valence-electron chi connectivity index (χ2n) is 9.11. The van der Waals surface area contributed by atoms with Gasteiger partial charge in [0, 0.05) is 17.6 Å². The first-order chi connectivity index (χ1) is 16.5. The average Bonchev–Trinajstić information content (AvgIpc) is 2.88. The maximum Gasteiger partial charge on any atom is 0.318 e. The van der Waals surface area contributed by atoms with E-state index in [0.29, 0.717) is 17.5 Å². The van der Waals surface area contributed by atoms with Gasteiger partial charge in [-0.05, 0) is 79.5 Å². The molecule has 2 amide bonds. The molecule has 34 heavy (non-hydrogen) atoms. The van der Waals surface area contributed by atoms with E-state index in [9.17, 15) is 4.79 Å². The molecule has 5 heteroatoms. The first-order valence-corrected chi connectivity index (χ1v) is 12.4. The zero-order valence-corrected chi connectivity index (χ0v) is 20.7. The number of carbonyl (C=O) groups excluding carboxylic acids is 1. The molecular formula is C29H33ClN2O2. The highest BCUT2D eigenvalue weighted by molar-refractivity contribution is 6.30. The molecule has 0 aliphatic heterocycles. The summed E-state index contributed by atoms with van der Waals surface area (Å²) in [7, 11) is 1.66. The van der Waals surface area contributed by atoms with Gasteiger partial charge in [0.2, 0.25) is 0 Å². The van der Waals surface area contributed by atoms with Gasteiger partial charge >= 0.3 is 6.03 Å². The summed E-state index contributed by atoms with van der Waals surface area (Å²) in [5.41, 5.74) is 3.54. The minimum atomic E-state index is -0.108. The quantitative estimate of drug-likeness (QED) is 0.387. The Morgan fingerprint density at radius 3 is 2.24 bits per heavy atom. The van der Waals surface area contributed by atoms with Crippen LogP contribution in [0, 0.1) is 0 Å². The lowest BCUT2D eigenvalue weighted by Gasteiger charge is -2.38. The normalized spacial score (nSPS) is 18.7. The van der Waals surface area contributed by atoms with Crippen molar-refractivity contribution in [3.05, 3.63) is 101 Å². The molecule has 4 rings (SSSR count). The third-order valence-electron chi connectivity index (χ3n) is 6.89. The van der Waals surface area contributed by atoms with Gasteiger partial charge in [0.1, 0.15) is 5.75 Å². The topological polar surface area (TPSA) is 41.6 Å². The van der Waals surface area contributed by atoms with Crippen molar-refractivity contribution in [2.24, 2.45) is 0 Å². The lowest BCUT2D eigenvalue weighted by Crippen LogP contribution is -2.47. The molecule has 1 N–H and O–H groups in total. The molecule has 1 atom stereocenters. The molecule has 0 radical (unpaired) electrons. The van der Waals surface area contributed by atoms with Crippen LogP contribution < -0.4 is 10.1 Å². The first-order valence-electron chi connectivity index (χ1n) is 12.0. The minimum absolute atomic E-state index is 0.0265. The van der Waals surface area contributed by atoms with E-state index in [1.54, 1.807) is 7.11 Å². The van der Waals surface area contributed by atoms with Crippen LogP contribution >= 0.6 is 11.6 Å². The predicted octanol–water partition coefficient (Wildman–Crippen LogP) is 7.35. The molecule has 0 aromatic heterocycles. The number of halogens is 1. The zero-order valence-electron chi connectivity index (χ0n) is 19.9. The maximum atomic E-state index is 13.5. The maximum absolute atomic E-state index is 13.5. The van der Waals surface area contributed by atoms with Gasteiger partial charge in [0.15, 0.2) is 0 Å². The van der Waals surface area contributed by atoms with Crippen LogP contribution in [0.4, 0.5) is 4.79 Å². The van der Waals surface area contributed by atoms with Crippen LogP contribution in [-0.2, 0) is 6.54 Å². The van der Waals surface area contributed by atoms with Crippen molar-refractivity contribution in [2.45, 2.75) is 57.2 Å². The SMILES string of the molecule is COc1ccc(CN(C(=O)N[C@@H](C)c2ccc(Cl)cc2)[C@H]2CC[C@H](c3ccccc3)CC2)cc1. The van der Waals surface area contributed by atoms with Crippen LogP contribution in [0.3, 0.4) is 0 Å². The van der Waals surface area contributed by atoms with Gasteiger partial charge in [-0.3, -0.25) is 0 Å². The van der Waals surface area contributed by atoms with E-state index in [-0.39, 0.29) is 18.1 Å². The number of nitrogens with one attached hydrogen (secondary N) is 1. The molecular weight excluding hydrogens is 444 g/mol. The first kappa shape index (κ1) is 24.2. The van der Waals surface area contributed by atoms with Crippen LogP contribution in [0.5, 0.6) is 5.75 Å². The summed E-state index contributed by atoms with van der Waals surface area (Å²) in [4.78, 5) is 15.6. The Balaban J connectivity index is 1.47. The van der Waals surface area contributed by atoms with Crippen molar-refractivity contribution < 1.29 is 9.53 Å². The van der Waals surface area contributed by atoms with Crippen molar-refractivity contribution in [2.75, 3.05) is 7.11 Å². The smallest absolute Gasteiger partial charge is 0.318 e. The summed E-state index contributed by atoms with van der Waals surface area (Å²) >= 11 is 6.04. The van der Waals surface area contributed by atoms with Gasteiger partial charge in [0.25, 0.3) is 0 Å². The summed E-state index contributed by atoms with van der Waals surface area (Å²) < 4.78 is 5.30. The third-order valence-corrected chi connectivity index (χ3v) is 7.14. The van der Waals surface area contributed by atoms with Crippen LogP contribution in [0.25, 0.3) is 0 Å². The number of benzene rings is 3. The highest BCUT2D eigenvalue weighted by Crippen LogP contribution is 2.35. The highest BCUT2D eigenvalue weighted by Gasteiger charge is 2.30. The van der Waals surface area contributed by atoms with Gasteiger partial charge in [0.05, 0.1) is 13.2 Å². The molecule has 0 unspecified atom stereocenters. The second kappa shape index (κ2) is 11.4. The molecule has 0 bridgehead atoms. The van der Waals surface area contributed by atoms with Gasteiger partial charge < -0.3 is 15.0 Å². The fourth-order valence-electron chi connectivity index (χ4n) is 4.84. The standard InChI is InChI=1S/C29H33ClN2O2/c1-21(23-10-14-26(30)15-11-23)31-29(33)32(20-22-8-18-28(34-2)19-9-22)27-16-12-25(13-17-27)24-6-4-3-5-7-24/h3-11,14-15,18-19,21,25,27H,12-13,16-17,20H2,1-2H3,(H,31,33)/t21-,25-,27-/m0/s1. The van der Waals surface area contributed by atoms with Crippen LogP contribution in [-0.4, -0.2) is 24.1 Å². The lowest BCUT2D eigenvalue weighted by atomic mass is 9.81. The van der Waals surface area contributed by atoms with Crippen LogP contribution in [0.1, 0.15) is 61.3 Å². The number of urea groups is 1. The molecule has 1 saturated carbocycles. The monoisotopic (exact) mass is 476 g/mol. The zero-order chi connectivity index (χ0) is 23.9. The number of nitrogens with zero attached hydrogens (tertiary/aromatic N) is 1. The molecule has 3 aromatic rings. The number of carbonyl (C=O) groups is 1. The van der Waals surface area contributed by atoms with E-state index >= 15 is 0 Å². The van der Waals surface area contributed by atoms with Gasteiger partial charge in [-0.2, -0.15) is 0 Å². The van der Waals surface area contributed by atoms with Gasteiger partial charge in [-0.25, -0.2) is 4.79 Å². The number of methoxy groups -OCH3 is 1.